The molecule has 3 aromatic carbocycles. The number of ketones is 1. The third-order valence-corrected chi connectivity index (χ3v) is 4.25. The predicted molar refractivity (Wildman–Crippen MR) is 110 cm³/mol. The molecular weight excluding hydrogens is 370 g/mol. The number of allylic oxidation sites excluding steroid dienone is 1. The van der Waals surface area contributed by atoms with Crippen molar-refractivity contribution in [2.45, 2.75) is 13.5 Å². The molecule has 0 amide bonds. The second kappa shape index (κ2) is 8.84. The quantitative estimate of drug-likeness (QED) is 0.263. The van der Waals surface area contributed by atoms with Gasteiger partial charge in [0, 0.05) is 6.07 Å². The van der Waals surface area contributed by atoms with Gasteiger partial charge >= 0.3 is 5.69 Å². The zero-order valence-electron chi connectivity index (χ0n) is 15.7. The van der Waals surface area contributed by atoms with Crippen molar-refractivity contribution in [3.8, 4) is 11.5 Å². The summed E-state index contributed by atoms with van der Waals surface area (Å²) in [6.45, 7) is 2.08. The van der Waals surface area contributed by atoms with Crippen LogP contribution in [0.4, 0.5) is 5.69 Å². The number of carbonyl (C=O) groups excluding carboxylic acids is 1. The Kier molecular flexibility index (Phi) is 6.04. The largest absolute Gasteiger partial charge is 0.502 e. The zero-order chi connectivity index (χ0) is 20.8. The maximum Gasteiger partial charge on any atom is 0.311 e. The van der Waals surface area contributed by atoms with E-state index in [1.165, 1.54) is 18.2 Å². The first-order chi connectivity index (χ1) is 13.9. The van der Waals surface area contributed by atoms with Crippen LogP contribution in [0.2, 0.25) is 0 Å². The van der Waals surface area contributed by atoms with Crippen molar-refractivity contribution in [2.24, 2.45) is 0 Å². The van der Waals surface area contributed by atoms with E-state index in [0.29, 0.717) is 17.9 Å². The molecule has 146 valence electrons. The molecule has 1 N–H and O–H groups in total. The van der Waals surface area contributed by atoms with E-state index in [2.05, 4.69) is 0 Å². The minimum absolute atomic E-state index is 0.101. The predicted octanol–water partition coefficient (Wildman–Crippen LogP) is 5.08. The molecule has 0 heterocycles. The van der Waals surface area contributed by atoms with Gasteiger partial charge in [0.25, 0.3) is 0 Å². The van der Waals surface area contributed by atoms with Gasteiger partial charge in [-0.25, -0.2) is 0 Å². The van der Waals surface area contributed by atoms with E-state index in [0.717, 1.165) is 11.1 Å². The van der Waals surface area contributed by atoms with Crippen LogP contribution in [0, 0.1) is 17.0 Å². The van der Waals surface area contributed by atoms with Crippen molar-refractivity contribution < 1.29 is 19.6 Å². The van der Waals surface area contributed by atoms with E-state index in [1.54, 1.807) is 37.3 Å². The van der Waals surface area contributed by atoms with Crippen LogP contribution in [0.25, 0.3) is 6.08 Å². The second-order valence-corrected chi connectivity index (χ2v) is 6.48. The first-order valence-corrected chi connectivity index (χ1v) is 8.91. The van der Waals surface area contributed by atoms with Crippen LogP contribution < -0.4 is 4.74 Å². The number of nitro benzene ring substituents is 1. The molecule has 0 aromatic heterocycles. The van der Waals surface area contributed by atoms with Crippen molar-refractivity contribution in [1.29, 1.82) is 0 Å². The van der Waals surface area contributed by atoms with E-state index in [9.17, 15) is 20.0 Å². The number of carbonyl (C=O) groups is 1. The lowest BCUT2D eigenvalue weighted by atomic mass is 10.0. The molecule has 0 saturated heterocycles. The maximum absolute atomic E-state index is 12.4. The van der Waals surface area contributed by atoms with Crippen LogP contribution in [0.3, 0.4) is 0 Å². The zero-order valence-corrected chi connectivity index (χ0v) is 15.7. The Morgan fingerprint density at radius 3 is 2.45 bits per heavy atom. The molecule has 0 aliphatic heterocycles. The molecule has 0 saturated carbocycles. The highest BCUT2D eigenvalue weighted by atomic mass is 16.6. The molecular formula is C23H19NO5. The number of phenolic OH excluding ortho intramolecular Hbond substituents is 1. The van der Waals surface area contributed by atoms with Crippen molar-refractivity contribution in [3.05, 3.63) is 105 Å². The highest BCUT2D eigenvalue weighted by Gasteiger charge is 2.21. The first-order valence-electron chi connectivity index (χ1n) is 8.91. The lowest BCUT2D eigenvalue weighted by Crippen LogP contribution is -1.99. The highest BCUT2D eigenvalue weighted by Crippen LogP contribution is 2.31. The van der Waals surface area contributed by atoms with Gasteiger partial charge in [-0.3, -0.25) is 14.9 Å². The molecule has 3 rings (SSSR count). The molecule has 0 aliphatic carbocycles. The summed E-state index contributed by atoms with van der Waals surface area (Å²) in [5.74, 6) is -0.442. The van der Waals surface area contributed by atoms with Crippen LogP contribution in [0.15, 0.2) is 72.8 Å². The first kappa shape index (κ1) is 19.8. The van der Waals surface area contributed by atoms with Gasteiger partial charge in [0.1, 0.15) is 12.4 Å². The molecule has 0 spiro atoms. The van der Waals surface area contributed by atoms with Gasteiger partial charge < -0.3 is 9.84 Å². The topological polar surface area (TPSA) is 89.7 Å². The Morgan fingerprint density at radius 2 is 1.79 bits per heavy atom. The normalized spacial score (nSPS) is 10.8. The summed E-state index contributed by atoms with van der Waals surface area (Å²) >= 11 is 0. The van der Waals surface area contributed by atoms with Gasteiger partial charge in [0.2, 0.25) is 5.75 Å². The molecule has 29 heavy (non-hydrogen) atoms. The van der Waals surface area contributed by atoms with Crippen LogP contribution in [0.5, 0.6) is 11.5 Å². The van der Waals surface area contributed by atoms with Crippen LogP contribution in [0.1, 0.15) is 27.0 Å². The van der Waals surface area contributed by atoms with E-state index in [-0.39, 0.29) is 5.56 Å². The number of hydrogen-bond donors (Lipinski definition) is 1. The van der Waals surface area contributed by atoms with Gasteiger partial charge in [-0.05, 0) is 47.9 Å². The van der Waals surface area contributed by atoms with Crippen LogP contribution >= 0.6 is 0 Å². The second-order valence-electron chi connectivity index (χ2n) is 6.48. The fourth-order valence-electron chi connectivity index (χ4n) is 2.76. The number of aromatic hydroxyl groups is 1. The number of nitro groups is 1. The Bertz CT molecular complexity index is 1060. The summed E-state index contributed by atoms with van der Waals surface area (Å²) in [5, 5.41) is 21.0. The number of benzene rings is 3. The van der Waals surface area contributed by atoms with Gasteiger partial charge in [0.15, 0.2) is 5.78 Å². The van der Waals surface area contributed by atoms with Crippen LogP contribution in [-0.2, 0) is 6.61 Å². The van der Waals surface area contributed by atoms with E-state index >= 15 is 0 Å². The molecule has 0 radical (unpaired) electrons. The van der Waals surface area contributed by atoms with Gasteiger partial charge in [-0.15, -0.1) is 0 Å². The molecule has 0 unspecified atom stereocenters. The number of phenols is 1. The van der Waals surface area contributed by atoms with Gasteiger partial charge in [-0.1, -0.05) is 48.5 Å². The molecule has 0 bridgehead atoms. The summed E-state index contributed by atoms with van der Waals surface area (Å²) in [4.78, 5) is 22.7. The Labute approximate surface area is 167 Å². The summed E-state index contributed by atoms with van der Waals surface area (Å²) in [5.41, 5.74) is 1.75. The SMILES string of the molecule is Cc1cc(C(=O)/C=C/c2ccc(OCc3ccccc3)cc2)c(O)c([N+](=O)[O-])c1. The van der Waals surface area contributed by atoms with E-state index in [4.69, 9.17) is 4.74 Å². The number of rotatable bonds is 7. The maximum atomic E-state index is 12.4. The summed E-state index contributed by atoms with van der Waals surface area (Å²) in [6.07, 6.45) is 2.86. The van der Waals surface area contributed by atoms with Crippen molar-refractivity contribution in [3.63, 3.8) is 0 Å². The van der Waals surface area contributed by atoms with Gasteiger partial charge in [-0.2, -0.15) is 0 Å². The molecule has 6 heteroatoms. The molecule has 3 aromatic rings. The third-order valence-electron chi connectivity index (χ3n) is 4.25. The molecule has 0 fully saturated rings. The van der Waals surface area contributed by atoms with Crippen LogP contribution in [-0.4, -0.2) is 15.8 Å². The number of aryl methyl sites for hydroxylation is 1. The number of ether oxygens (including phenoxy) is 1. The number of hydrogen-bond acceptors (Lipinski definition) is 5. The lowest BCUT2D eigenvalue weighted by molar-refractivity contribution is -0.385. The minimum Gasteiger partial charge on any atom is -0.502 e. The smallest absolute Gasteiger partial charge is 0.311 e. The average Bonchev–Trinajstić information content (AvgIpc) is 2.73. The fourth-order valence-corrected chi connectivity index (χ4v) is 2.76. The lowest BCUT2D eigenvalue weighted by Gasteiger charge is -2.06. The molecule has 0 aliphatic rings. The van der Waals surface area contributed by atoms with E-state index < -0.39 is 22.1 Å². The van der Waals surface area contributed by atoms with E-state index in [1.807, 2.05) is 30.3 Å². The Morgan fingerprint density at radius 1 is 1.10 bits per heavy atom. The standard InChI is InChI=1S/C23H19NO5/c1-16-13-20(23(26)21(14-16)24(27)28)22(25)12-9-17-7-10-19(11-8-17)29-15-18-5-3-2-4-6-18/h2-14,26H,15H2,1H3/b12-9+. The Balaban J connectivity index is 1.68. The fraction of sp³-hybridized carbons (Fsp3) is 0.0870. The Hall–Kier alpha value is -3.93. The van der Waals surface area contributed by atoms with Crippen molar-refractivity contribution >= 4 is 17.5 Å². The summed E-state index contributed by atoms with van der Waals surface area (Å²) in [6, 6.07) is 19.6. The average molecular weight is 389 g/mol. The monoisotopic (exact) mass is 389 g/mol. The highest BCUT2D eigenvalue weighted by molar-refractivity contribution is 6.09. The third kappa shape index (κ3) is 5.07. The van der Waals surface area contributed by atoms with Crippen molar-refractivity contribution in [2.75, 3.05) is 0 Å². The molecule has 6 nitrogen and oxygen atoms in total. The summed E-state index contributed by atoms with van der Waals surface area (Å²) < 4.78 is 5.72. The number of nitrogens with zero attached hydrogens (tertiary/aromatic N) is 1. The van der Waals surface area contributed by atoms with Gasteiger partial charge in [0.05, 0.1) is 10.5 Å². The minimum atomic E-state index is -0.711. The summed E-state index contributed by atoms with van der Waals surface area (Å²) in [7, 11) is 0. The van der Waals surface area contributed by atoms with Crippen molar-refractivity contribution in [1.82, 2.24) is 0 Å². The molecule has 0 atom stereocenters.